The summed E-state index contributed by atoms with van der Waals surface area (Å²) in [6, 6.07) is 98.6. The fraction of sp³-hybridized carbons (Fsp3) is 0. The zero-order chi connectivity index (χ0) is 77.0. The average molecular weight is 1510 g/mol. The molecule has 0 aliphatic carbocycles. The van der Waals surface area contributed by atoms with Gasteiger partial charge in [0.25, 0.3) is 0 Å². The van der Waals surface area contributed by atoms with E-state index in [4.69, 9.17) is 43.2 Å². The van der Waals surface area contributed by atoms with Gasteiger partial charge in [0.05, 0.1) is 65.8 Å². The summed E-state index contributed by atoms with van der Waals surface area (Å²) in [4.78, 5) is 44.0. The third-order valence-corrected chi connectivity index (χ3v) is 24.1. The topological polar surface area (TPSA) is 170 Å². The number of hydrogen-bond donors (Lipinski definition) is 0. The van der Waals surface area contributed by atoms with Crippen molar-refractivity contribution in [3.05, 3.63) is 341 Å². The smallest absolute Gasteiger partial charge is 0.235 e. The molecular weight excluding hydrogens is 1450 g/mol. The molecule has 28 aromatic rings. The van der Waals surface area contributed by atoms with Crippen LogP contribution in [-0.4, -0.2) is 58.6 Å². The van der Waals surface area contributed by atoms with Crippen LogP contribution in [0.2, 0.25) is 0 Å². The van der Waals surface area contributed by atoms with Crippen molar-refractivity contribution >= 4 is 239 Å². The number of benzene rings is 16. The van der Waals surface area contributed by atoms with Crippen molar-refractivity contribution in [2.45, 2.75) is 0 Å². The number of para-hydroxylation sites is 6. The van der Waals surface area contributed by atoms with Crippen LogP contribution in [0.4, 0.5) is 0 Å². The van der Waals surface area contributed by atoms with Gasteiger partial charge in [-0.1, -0.05) is 224 Å². The Balaban J connectivity index is 0.0000000964. The standard InChI is InChI=1S/C37H20N4O.2C33H18N4O/c1-2-11-23-21(9-1)22-10-3-4-12-25(22)34-28(23)20-39-37(40-34)41-30-15-7-5-13-26(30)32-24-17-18-38-19-29(24)36-33(35(32)41)27-14-6-8-16-31(27)42-36;1-2-8-21-19(7-1)13-14-20-17-35-33(36-30(20)21)37-26-11-5-3-9-23(26)28-22-15-16-34-18-25(22)32-29(31(28)37)24-10-4-6-12-27(24)38-32;1-2-8-20-19(7-1)13-14-26-24(20)18-35-33(36-26)37-27-11-5-3-9-22(27)29-21-15-16-34-17-25(21)32-30(31(29)37)23-10-4-6-12-28(23)38-32/h1-20H;2*1-18H. The number of hydrogen-bond acceptors (Lipinski definition) is 12. The van der Waals surface area contributed by atoms with Crippen LogP contribution in [0.5, 0.6) is 0 Å². The molecule has 0 saturated carbocycles. The van der Waals surface area contributed by atoms with Gasteiger partial charge in [-0.05, 0) is 109 Å². The van der Waals surface area contributed by atoms with E-state index in [-0.39, 0.29) is 0 Å². The molecule has 12 heterocycles. The van der Waals surface area contributed by atoms with E-state index in [0.717, 1.165) is 223 Å². The summed E-state index contributed by atoms with van der Waals surface area (Å²) < 4.78 is 26.1. The minimum atomic E-state index is 0.633. The van der Waals surface area contributed by atoms with E-state index in [1.807, 2.05) is 92.2 Å². The summed E-state index contributed by atoms with van der Waals surface area (Å²) in [6.45, 7) is 0. The second-order valence-electron chi connectivity index (χ2n) is 30.2. The summed E-state index contributed by atoms with van der Waals surface area (Å²) in [5.74, 6) is 1.91. The van der Waals surface area contributed by atoms with E-state index in [1.165, 1.54) is 16.2 Å². The van der Waals surface area contributed by atoms with E-state index >= 15 is 0 Å². The van der Waals surface area contributed by atoms with Gasteiger partial charge in [-0.25, -0.2) is 29.9 Å². The molecule has 0 amide bonds. The molecule has 0 spiro atoms. The molecule has 0 bridgehead atoms. The summed E-state index contributed by atoms with van der Waals surface area (Å²) in [5, 5.41) is 31.9. The highest BCUT2D eigenvalue weighted by molar-refractivity contribution is 6.39. The molecular formula is C103H56N12O3. The van der Waals surface area contributed by atoms with Crippen LogP contribution < -0.4 is 0 Å². The number of pyridine rings is 3. The fourth-order valence-electron chi connectivity index (χ4n) is 19.2. The first-order valence-electron chi connectivity index (χ1n) is 39.3. The van der Waals surface area contributed by atoms with E-state index < -0.39 is 0 Å². The molecule has 0 aliphatic heterocycles. The highest BCUT2D eigenvalue weighted by Gasteiger charge is 2.29. The second-order valence-corrected chi connectivity index (χ2v) is 30.2. The van der Waals surface area contributed by atoms with Gasteiger partial charge >= 0.3 is 0 Å². The normalized spacial score (nSPS) is 12.2. The van der Waals surface area contributed by atoms with Crippen molar-refractivity contribution in [2.24, 2.45) is 0 Å². The zero-order valence-electron chi connectivity index (χ0n) is 62.4. The summed E-state index contributed by atoms with van der Waals surface area (Å²) in [5.41, 5.74) is 14.1. The molecule has 0 saturated heterocycles. The maximum Gasteiger partial charge on any atom is 0.235 e. The Labute approximate surface area is 665 Å². The number of nitrogens with zero attached hydrogens (tertiary/aromatic N) is 12. The summed E-state index contributed by atoms with van der Waals surface area (Å²) in [6.07, 6.45) is 17.1. The lowest BCUT2D eigenvalue weighted by atomic mass is 9.98. The van der Waals surface area contributed by atoms with Crippen LogP contribution >= 0.6 is 0 Å². The first-order valence-corrected chi connectivity index (χ1v) is 39.3. The van der Waals surface area contributed by atoms with Crippen molar-refractivity contribution in [2.75, 3.05) is 0 Å². The van der Waals surface area contributed by atoms with Crippen LogP contribution in [0.15, 0.2) is 354 Å². The SMILES string of the molecule is c1ccc2c(c1)ccc1cnc(-n3c4ccccc4c4c5ccncc5c5oc6ccccc6c5c43)nc12.c1ccc2c(c1)ccc1nc(-n3c4ccccc4c4c5ccncc5c5oc6ccccc6c5c43)ncc12.c1ccc2c(c1)oc1c3cnccc3c3c4ccccc4n(-c4ncc5c6ccccc6c6ccccc6c5n4)c3c21. The molecule has 118 heavy (non-hydrogen) atoms. The number of fused-ring (bicyclic) bond motifs is 42. The monoisotopic (exact) mass is 1510 g/mol. The lowest BCUT2D eigenvalue weighted by molar-refractivity contribution is 0.672. The Bertz CT molecular complexity index is 9240. The van der Waals surface area contributed by atoms with Crippen LogP contribution in [0.1, 0.15) is 0 Å². The Hall–Kier alpha value is -16.4. The molecule has 15 nitrogen and oxygen atoms in total. The third kappa shape index (κ3) is 9.02. The van der Waals surface area contributed by atoms with Crippen LogP contribution in [0.25, 0.3) is 257 Å². The van der Waals surface area contributed by atoms with Crippen molar-refractivity contribution in [3.63, 3.8) is 0 Å². The Morgan fingerprint density at radius 2 is 0.542 bits per heavy atom. The highest BCUT2D eigenvalue weighted by atomic mass is 16.3. The van der Waals surface area contributed by atoms with Gasteiger partial charge in [0.1, 0.15) is 33.5 Å². The number of rotatable bonds is 3. The van der Waals surface area contributed by atoms with E-state index in [2.05, 4.69) is 277 Å². The minimum Gasteiger partial charge on any atom is -0.455 e. The van der Waals surface area contributed by atoms with E-state index in [1.54, 1.807) is 0 Å². The van der Waals surface area contributed by atoms with Crippen LogP contribution in [0.3, 0.4) is 0 Å². The number of furan rings is 3. The zero-order valence-corrected chi connectivity index (χ0v) is 62.4. The van der Waals surface area contributed by atoms with Crippen LogP contribution in [-0.2, 0) is 0 Å². The Kier molecular flexibility index (Phi) is 13.4. The molecule has 0 radical (unpaired) electrons. The van der Waals surface area contributed by atoms with Crippen molar-refractivity contribution < 1.29 is 13.3 Å². The summed E-state index contributed by atoms with van der Waals surface area (Å²) >= 11 is 0. The van der Waals surface area contributed by atoms with Gasteiger partial charge < -0.3 is 13.3 Å². The van der Waals surface area contributed by atoms with Gasteiger partial charge in [0.15, 0.2) is 0 Å². The Morgan fingerprint density at radius 1 is 0.203 bits per heavy atom. The highest BCUT2D eigenvalue weighted by Crippen LogP contribution is 2.50. The third-order valence-electron chi connectivity index (χ3n) is 24.1. The van der Waals surface area contributed by atoms with E-state index in [9.17, 15) is 0 Å². The molecule has 16 aromatic carbocycles. The second kappa shape index (κ2) is 24.6. The lowest BCUT2D eigenvalue weighted by Gasteiger charge is -2.12. The molecule has 12 aromatic heterocycles. The molecule has 0 atom stereocenters. The first-order chi connectivity index (χ1) is 58.6. The van der Waals surface area contributed by atoms with Crippen molar-refractivity contribution in [3.8, 4) is 17.8 Å². The molecule has 28 rings (SSSR count). The average Bonchev–Trinajstić information content (AvgIpc) is 1.56. The predicted octanol–water partition coefficient (Wildman–Crippen LogP) is 26.1. The van der Waals surface area contributed by atoms with Gasteiger partial charge in [-0.15, -0.1) is 0 Å². The van der Waals surface area contributed by atoms with Gasteiger partial charge in [-0.3, -0.25) is 28.7 Å². The van der Waals surface area contributed by atoms with Crippen molar-refractivity contribution in [1.29, 1.82) is 0 Å². The fourth-order valence-corrected chi connectivity index (χ4v) is 19.2. The maximum atomic E-state index is 6.54. The largest absolute Gasteiger partial charge is 0.455 e. The van der Waals surface area contributed by atoms with E-state index in [0.29, 0.717) is 17.8 Å². The lowest BCUT2D eigenvalue weighted by Crippen LogP contribution is -2.02. The van der Waals surface area contributed by atoms with Crippen molar-refractivity contribution in [1.82, 2.24) is 58.6 Å². The van der Waals surface area contributed by atoms with Gasteiger partial charge in [0, 0.05) is 147 Å². The van der Waals surface area contributed by atoms with Gasteiger partial charge in [-0.2, -0.15) is 0 Å². The maximum absolute atomic E-state index is 6.54. The molecule has 0 unspecified atom stereocenters. The molecule has 0 fully saturated rings. The number of aromatic nitrogens is 12. The quantitative estimate of drug-likeness (QED) is 0.154. The Morgan fingerprint density at radius 3 is 1.03 bits per heavy atom. The van der Waals surface area contributed by atoms with Gasteiger partial charge in [0.2, 0.25) is 17.8 Å². The molecule has 546 valence electrons. The summed E-state index contributed by atoms with van der Waals surface area (Å²) in [7, 11) is 0. The first kappa shape index (κ1) is 64.2. The molecule has 0 aliphatic rings. The minimum absolute atomic E-state index is 0.633. The molecule has 0 N–H and O–H groups in total. The molecule has 15 heteroatoms. The predicted molar refractivity (Wildman–Crippen MR) is 479 cm³/mol. The van der Waals surface area contributed by atoms with Crippen LogP contribution in [0, 0.1) is 0 Å².